The average molecular weight is 243 g/mol. The van der Waals surface area contributed by atoms with Crippen LogP contribution in [0, 0.1) is 5.92 Å². The monoisotopic (exact) mass is 243 g/mol. The molecule has 1 aliphatic carbocycles. The Morgan fingerprint density at radius 2 is 1.94 bits per heavy atom. The van der Waals surface area contributed by atoms with Crippen molar-refractivity contribution in [2.24, 2.45) is 5.92 Å². The Kier molecular flexibility index (Phi) is 4.18. The zero-order chi connectivity index (χ0) is 12.4. The van der Waals surface area contributed by atoms with Crippen LogP contribution in [0.1, 0.15) is 33.6 Å². The Morgan fingerprint density at radius 3 is 2.38 bits per heavy atom. The molecule has 0 atom stereocenters. The van der Waals surface area contributed by atoms with Crippen LogP contribution in [0.3, 0.4) is 0 Å². The van der Waals surface area contributed by atoms with E-state index in [1.807, 2.05) is 0 Å². The smallest absolute Gasteiger partial charge is 0.223 e. The first-order valence-electron chi connectivity index (χ1n) is 6.16. The number of nitrogens with one attached hydrogen (secondary N) is 1. The van der Waals surface area contributed by atoms with Crippen molar-refractivity contribution in [3.63, 3.8) is 0 Å². The van der Waals surface area contributed by atoms with Crippen LogP contribution in [0.4, 0.5) is 0 Å². The third kappa shape index (κ3) is 3.90. The molecule has 1 aliphatic rings. The molecule has 1 N–H and O–H groups in total. The van der Waals surface area contributed by atoms with Crippen molar-refractivity contribution < 1.29 is 9.22 Å². The maximum atomic E-state index is 11.4. The molecule has 0 radical (unpaired) electrons. The van der Waals surface area contributed by atoms with E-state index in [1.165, 1.54) is 0 Å². The Labute approximate surface area is 100 Å². The molecule has 1 fully saturated rings. The van der Waals surface area contributed by atoms with Gasteiger partial charge in [-0.25, -0.2) is 0 Å². The largest absolute Gasteiger partial charge is 0.415 e. The molecule has 0 aromatic rings. The van der Waals surface area contributed by atoms with Gasteiger partial charge in [-0.15, -0.1) is 0 Å². The summed E-state index contributed by atoms with van der Waals surface area (Å²) >= 11 is 0. The van der Waals surface area contributed by atoms with Gasteiger partial charge in [-0.2, -0.15) is 0 Å². The number of carbonyl (C=O) groups is 1. The highest BCUT2D eigenvalue weighted by Gasteiger charge is 2.37. The second kappa shape index (κ2) is 4.88. The first-order valence-corrected chi connectivity index (χ1v) is 9.06. The second-order valence-electron chi connectivity index (χ2n) is 6.17. The van der Waals surface area contributed by atoms with Crippen molar-refractivity contribution >= 4 is 14.2 Å². The van der Waals surface area contributed by atoms with Crippen LogP contribution >= 0.6 is 0 Å². The third-order valence-corrected chi connectivity index (χ3v) is 8.16. The Bertz CT molecular complexity index is 254. The molecule has 1 amide bonds. The van der Waals surface area contributed by atoms with E-state index in [1.54, 1.807) is 0 Å². The predicted octanol–water partition coefficient (Wildman–Crippen LogP) is 2.53. The summed E-state index contributed by atoms with van der Waals surface area (Å²) in [4.78, 5) is 11.4. The van der Waals surface area contributed by atoms with E-state index in [0.717, 1.165) is 12.8 Å². The van der Waals surface area contributed by atoms with Crippen molar-refractivity contribution in [2.75, 3.05) is 13.2 Å². The fourth-order valence-electron chi connectivity index (χ4n) is 1.19. The molecule has 3 nitrogen and oxygen atoms in total. The quantitative estimate of drug-likeness (QED) is 0.595. The molecular formula is C12H25NO2Si. The average Bonchev–Trinajstić information content (AvgIpc) is 2.93. The first kappa shape index (κ1) is 13.7. The van der Waals surface area contributed by atoms with E-state index in [2.05, 4.69) is 39.2 Å². The van der Waals surface area contributed by atoms with Crippen molar-refractivity contribution in [2.45, 2.75) is 51.7 Å². The Morgan fingerprint density at radius 1 is 1.38 bits per heavy atom. The Hall–Kier alpha value is -0.353. The number of carbonyl (C=O) groups excluding carboxylic acids is 1. The molecule has 0 heterocycles. The molecule has 0 spiro atoms. The van der Waals surface area contributed by atoms with Gasteiger partial charge in [-0.1, -0.05) is 20.8 Å². The summed E-state index contributed by atoms with van der Waals surface area (Å²) in [5, 5.41) is 3.17. The highest BCUT2D eigenvalue weighted by atomic mass is 28.4. The van der Waals surface area contributed by atoms with Crippen LogP contribution in [-0.2, 0) is 9.22 Å². The van der Waals surface area contributed by atoms with E-state index >= 15 is 0 Å². The molecule has 0 aromatic heterocycles. The van der Waals surface area contributed by atoms with Gasteiger partial charge in [0, 0.05) is 12.5 Å². The number of rotatable bonds is 5. The van der Waals surface area contributed by atoms with Crippen molar-refractivity contribution in [3.8, 4) is 0 Å². The molecule has 0 aliphatic heterocycles. The minimum Gasteiger partial charge on any atom is -0.415 e. The van der Waals surface area contributed by atoms with Crippen LogP contribution in [-0.4, -0.2) is 27.4 Å². The minimum absolute atomic E-state index is 0.207. The maximum Gasteiger partial charge on any atom is 0.223 e. The van der Waals surface area contributed by atoms with Gasteiger partial charge < -0.3 is 9.74 Å². The summed E-state index contributed by atoms with van der Waals surface area (Å²) in [5.41, 5.74) is 0. The Balaban J connectivity index is 2.17. The van der Waals surface area contributed by atoms with Gasteiger partial charge in [0.2, 0.25) is 5.91 Å². The van der Waals surface area contributed by atoms with Crippen LogP contribution in [0.5, 0.6) is 0 Å². The first-order chi connectivity index (χ1) is 7.24. The standard InChI is InChI=1S/C12H25NO2Si/c1-12(2,3)16(4,5)15-9-8-13-11(14)10-6-7-10/h10H,6-9H2,1-5H3,(H,13,14). The molecule has 1 rings (SSSR count). The summed E-state index contributed by atoms with van der Waals surface area (Å²) in [5.74, 6) is 0.506. The summed E-state index contributed by atoms with van der Waals surface area (Å²) in [6.07, 6.45) is 2.13. The zero-order valence-corrected chi connectivity index (χ0v) is 12.2. The van der Waals surface area contributed by atoms with Crippen molar-refractivity contribution in [1.82, 2.24) is 5.32 Å². The van der Waals surface area contributed by atoms with E-state index in [4.69, 9.17) is 4.43 Å². The molecule has 94 valence electrons. The zero-order valence-electron chi connectivity index (χ0n) is 11.2. The minimum atomic E-state index is -1.64. The van der Waals surface area contributed by atoms with Gasteiger partial charge in [0.05, 0.1) is 6.61 Å². The lowest BCUT2D eigenvalue weighted by atomic mass is 10.2. The lowest BCUT2D eigenvalue weighted by Gasteiger charge is -2.36. The van der Waals surface area contributed by atoms with Crippen molar-refractivity contribution in [1.29, 1.82) is 0 Å². The maximum absolute atomic E-state index is 11.4. The lowest BCUT2D eigenvalue weighted by molar-refractivity contribution is -0.122. The predicted molar refractivity (Wildman–Crippen MR) is 68.9 cm³/mol. The molecule has 0 bridgehead atoms. The highest BCUT2D eigenvalue weighted by Crippen LogP contribution is 2.36. The topological polar surface area (TPSA) is 38.3 Å². The molecule has 4 heteroatoms. The summed E-state index contributed by atoms with van der Waals surface area (Å²) in [6.45, 7) is 12.4. The van der Waals surface area contributed by atoms with E-state index in [9.17, 15) is 4.79 Å². The van der Waals surface area contributed by atoms with E-state index in [-0.39, 0.29) is 10.9 Å². The van der Waals surface area contributed by atoms with Crippen LogP contribution in [0.25, 0.3) is 0 Å². The normalized spacial score (nSPS) is 17.3. The molecule has 0 saturated heterocycles. The lowest BCUT2D eigenvalue weighted by Crippen LogP contribution is -2.42. The number of hydrogen-bond acceptors (Lipinski definition) is 2. The van der Waals surface area contributed by atoms with E-state index < -0.39 is 8.32 Å². The SMILES string of the molecule is CC(C)(C)[Si](C)(C)OCCNC(=O)C1CC1. The molecule has 0 unspecified atom stereocenters. The van der Waals surface area contributed by atoms with Gasteiger partial charge >= 0.3 is 0 Å². The van der Waals surface area contributed by atoms with Crippen molar-refractivity contribution in [3.05, 3.63) is 0 Å². The fourth-order valence-corrected chi connectivity index (χ4v) is 2.23. The fraction of sp³-hybridized carbons (Fsp3) is 0.917. The highest BCUT2D eigenvalue weighted by molar-refractivity contribution is 6.74. The molecular weight excluding hydrogens is 218 g/mol. The summed E-state index contributed by atoms with van der Waals surface area (Å²) in [7, 11) is -1.64. The van der Waals surface area contributed by atoms with E-state index in [0.29, 0.717) is 19.1 Å². The van der Waals surface area contributed by atoms with Gasteiger partial charge in [0.1, 0.15) is 0 Å². The number of amides is 1. The van der Waals surface area contributed by atoms with Crippen LogP contribution in [0.15, 0.2) is 0 Å². The number of hydrogen-bond donors (Lipinski definition) is 1. The summed E-state index contributed by atoms with van der Waals surface area (Å²) in [6, 6.07) is 0. The second-order valence-corrected chi connectivity index (χ2v) is 11.0. The summed E-state index contributed by atoms with van der Waals surface area (Å²) < 4.78 is 5.97. The van der Waals surface area contributed by atoms with Gasteiger partial charge in [0.15, 0.2) is 8.32 Å². The molecule has 0 aromatic carbocycles. The van der Waals surface area contributed by atoms with Crippen LogP contribution < -0.4 is 5.32 Å². The van der Waals surface area contributed by atoms with Gasteiger partial charge in [0.25, 0.3) is 0 Å². The molecule has 1 saturated carbocycles. The third-order valence-electron chi connectivity index (χ3n) is 3.62. The van der Waals surface area contributed by atoms with Crippen LogP contribution in [0.2, 0.25) is 18.1 Å². The van der Waals surface area contributed by atoms with Gasteiger partial charge in [-0.3, -0.25) is 4.79 Å². The van der Waals surface area contributed by atoms with Gasteiger partial charge in [-0.05, 0) is 31.0 Å². The molecule has 16 heavy (non-hydrogen) atoms.